The molecule has 2 amide bonds. The van der Waals surface area contributed by atoms with Gasteiger partial charge in [0.1, 0.15) is 12.7 Å². The average Bonchev–Trinajstić information content (AvgIpc) is 3.26. The lowest BCUT2D eigenvalue weighted by atomic mass is 10.1. The third kappa shape index (κ3) is 3.76. The van der Waals surface area contributed by atoms with Gasteiger partial charge in [0.2, 0.25) is 0 Å². The summed E-state index contributed by atoms with van der Waals surface area (Å²) in [5, 5.41) is 9.76. The maximum atomic E-state index is 11.9. The number of rotatable bonds is 5. The van der Waals surface area contributed by atoms with Crippen molar-refractivity contribution < 1.29 is 9.21 Å². The van der Waals surface area contributed by atoms with E-state index in [0.717, 1.165) is 16.8 Å². The molecule has 0 aliphatic carbocycles. The number of nitrogens with zero attached hydrogens (tertiary/aromatic N) is 3. The smallest absolute Gasteiger partial charge is 0.315 e. The van der Waals surface area contributed by atoms with E-state index in [1.807, 2.05) is 37.3 Å². The fourth-order valence-corrected chi connectivity index (χ4v) is 2.16. The van der Waals surface area contributed by atoms with Crippen LogP contribution in [-0.4, -0.2) is 20.8 Å². The Morgan fingerprint density at radius 1 is 1.30 bits per heavy atom. The zero-order valence-electron chi connectivity index (χ0n) is 12.6. The summed E-state index contributed by atoms with van der Waals surface area (Å²) in [6, 6.07) is 9.27. The maximum Gasteiger partial charge on any atom is 0.315 e. The summed E-state index contributed by atoms with van der Waals surface area (Å²) < 4.78 is 6.64. The molecule has 2 aromatic heterocycles. The molecule has 1 aromatic carbocycles. The lowest BCUT2D eigenvalue weighted by Crippen LogP contribution is -2.36. The number of nitrogens with one attached hydrogen (secondary N) is 2. The second-order valence-corrected chi connectivity index (χ2v) is 5.11. The van der Waals surface area contributed by atoms with Crippen LogP contribution in [0.1, 0.15) is 24.1 Å². The van der Waals surface area contributed by atoms with Crippen molar-refractivity contribution in [2.45, 2.75) is 19.5 Å². The molecule has 2 N–H and O–H groups in total. The summed E-state index contributed by atoms with van der Waals surface area (Å²) in [6.45, 7) is 2.36. The van der Waals surface area contributed by atoms with E-state index in [2.05, 4.69) is 20.7 Å². The Balaban J connectivity index is 1.55. The van der Waals surface area contributed by atoms with Crippen LogP contribution in [0, 0.1) is 0 Å². The van der Waals surface area contributed by atoms with Crippen LogP contribution in [-0.2, 0) is 6.54 Å². The van der Waals surface area contributed by atoms with Gasteiger partial charge in [-0.2, -0.15) is 5.10 Å². The minimum Gasteiger partial charge on any atom is -0.472 e. The molecule has 0 bridgehead atoms. The van der Waals surface area contributed by atoms with Crippen molar-refractivity contribution in [3.63, 3.8) is 0 Å². The molecule has 0 aliphatic heterocycles. The normalized spacial score (nSPS) is 11.9. The molecule has 0 fully saturated rings. The van der Waals surface area contributed by atoms with Gasteiger partial charge in [-0.25, -0.2) is 14.5 Å². The van der Waals surface area contributed by atoms with Gasteiger partial charge in [-0.1, -0.05) is 12.1 Å². The standard InChI is InChI=1S/C16H17N5O2/c1-12(20-16(22)18-8-13-6-7-23-9-13)14-2-4-15(5-3-14)21-11-17-10-19-21/h2-7,9-12H,8H2,1H3,(H2,18,20,22)/t12-/m1/s1. The second kappa shape index (κ2) is 6.78. The number of furan rings is 1. The minimum atomic E-state index is -0.223. The first kappa shape index (κ1) is 14.8. The Bertz CT molecular complexity index is 735. The molecule has 0 saturated heterocycles. The summed E-state index contributed by atoms with van der Waals surface area (Å²) >= 11 is 0. The lowest BCUT2D eigenvalue weighted by molar-refractivity contribution is 0.237. The number of hydrogen-bond donors (Lipinski definition) is 2. The SMILES string of the molecule is C[C@@H](NC(=O)NCc1ccoc1)c1ccc(-n2cncn2)cc1. The molecule has 0 saturated carbocycles. The van der Waals surface area contributed by atoms with Crippen LogP contribution in [0.4, 0.5) is 4.79 Å². The molecular weight excluding hydrogens is 294 g/mol. The summed E-state index contributed by atoms with van der Waals surface area (Å²) in [6.07, 6.45) is 6.31. The molecule has 23 heavy (non-hydrogen) atoms. The fraction of sp³-hybridized carbons (Fsp3) is 0.188. The van der Waals surface area contributed by atoms with Gasteiger partial charge in [-0.3, -0.25) is 0 Å². The third-order valence-electron chi connectivity index (χ3n) is 3.46. The predicted molar refractivity (Wildman–Crippen MR) is 83.9 cm³/mol. The molecule has 1 atom stereocenters. The number of benzene rings is 1. The molecule has 3 rings (SSSR count). The van der Waals surface area contributed by atoms with Crippen LogP contribution in [0.5, 0.6) is 0 Å². The number of urea groups is 1. The predicted octanol–water partition coefficient (Wildman–Crippen LogP) is 2.42. The lowest BCUT2D eigenvalue weighted by Gasteiger charge is -2.15. The molecule has 3 aromatic rings. The largest absolute Gasteiger partial charge is 0.472 e. The molecule has 118 valence electrons. The first-order chi connectivity index (χ1) is 11.2. The highest BCUT2D eigenvalue weighted by atomic mass is 16.3. The minimum absolute atomic E-state index is 0.107. The molecule has 2 heterocycles. The van der Waals surface area contributed by atoms with Crippen LogP contribution in [0.25, 0.3) is 5.69 Å². The van der Waals surface area contributed by atoms with Crippen LogP contribution in [0.2, 0.25) is 0 Å². The molecule has 0 radical (unpaired) electrons. The number of carbonyl (C=O) groups is 1. The molecule has 7 heteroatoms. The summed E-state index contributed by atoms with van der Waals surface area (Å²) in [7, 11) is 0. The van der Waals surface area contributed by atoms with E-state index in [1.54, 1.807) is 23.5 Å². The number of hydrogen-bond acceptors (Lipinski definition) is 4. The van der Waals surface area contributed by atoms with Gasteiger partial charge >= 0.3 is 6.03 Å². The molecular formula is C16H17N5O2. The van der Waals surface area contributed by atoms with Gasteiger partial charge < -0.3 is 15.1 Å². The number of carbonyl (C=O) groups excluding carboxylic acids is 1. The number of amides is 2. The van der Waals surface area contributed by atoms with Gasteiger partial charge in [-0.05, 0) is 30.7 Å². The van der Waals surface area contributed by atoms with Crippen LogP contribution in [0.3, 0.4) is 0 Å². The monoisotopic (exact) mass is 311 g/mol. The van der Waals surface area contributed by atoms with Gasteiger partial charge in [0, 0.05) is 12.1 Å². The fourth-order valence-electron chi connectivity index (χ4n) is 2.16. The van der Waals surface area contributed by atoms with Gasteiger partial charge in [0.15, 0.2) is 0 Å². The molecule has 7 nitrogen and oxygen atoms in total. The van der Waals surface area contributed by atoms with Crippen LogP contribution in [0.15, 0.2) is 59.9 Å². The van der Waals surface area contributed by atoms with Crippen molar-refractivity contribution >= 4 is 6.03 Å². The highest BCUT2D eigenvalue weighted by Crippen LogP contribution is 2.15. The van der Waals surface area contributed by atoms with E-state index < -0.39 is 0 Å². The van der Waals surface area contributed by atoms with E-state index in [9.17, 15) is 4.79 Å². The van der Waals surface area contributed by atoms with E-state index in [-0.39, 0.29) is 12.1 Å². The van der Waals surface area contributed by atoms with Gasteiger partial charge in [-0.15, -0.1) is 0 Å². The topological polar surface area (TPSA) is 85.0 Å². The van der Waals surface area contributed by atoms with E-state index in [0.29, 0.717) is 6.54 Å². The Kier molecular flexibility index (Phi) is 4.37. The Hall–Kier alpha value is -3.09. The molecule has 0 aliphatic rings. The van der Waals surface area contributed by atoms with E-state index >= 15 is 0 Å². The van der Waals surface area contributed by atoms with Crippen molar-refractivity contribution in [2.75, 3.05) is 0 Å². The highest BCUT2D eigenvalue weighted by Gasteiger charge is 2.09. The van der Waals surface area contributed by atoms with Crippen LogP contribution >= 0.6 is 0 Å². The number of aromatic nitrogens is 3. The van der Waals surface area contributed by atoms with Crippen molar-refractivity contribution in [3.05, 3.63) is 66.6 Å². The quantitative estimate of drug-likeness (QED) is 0.758. The first-order valence-electron chi connectivity index (χ1n) is 7.23. The van der Waals surface area contributed by atoms with Gasteiger partial charge in [0.05, 0.1) is 24.3 Å². The first-order valence-corrected chi connectivity index (χ1v) is 7.23. The Morgan fingerprint density at radius 3 is 2.78 bits per heavy atom. The maximum absolute atomic E-state index is 11.9. The highest BCUT2D eigenvalue weighted by molar-refractivity contribution is 5.74. The third-order valence-corrected chi connectivity index (χ3v) is 3.46. The second-order valence-electron chi connectivity index (χ2n) is 5.11. The average molecular weight is 311 g/mol. The van der Waals surface area contributed by atoms with Crippen molar-refractivity contribution in [1.82, 2.24) is 25.4 Å². The zero-order chi connectivity index (χ0) is 16.1. The van der Waals surface area contributed by atoms with Crippen molar-refractivity contribution in [1.29, 1.82) is 0 Å². The van der Waals surface area contributed by atoms with Crippen molar-refractivity contribution in [3.8, 4) is 5.69 Å². The molecule has 0 spiro atoms. The summed E-state index contributed by atoms with van der Waals surface area (Å²) in [4.78, 5) is 15.8. The van der Waals surface area contributed by atoms with E-state index in [4.69, 9.17) is 4.42 Å². The Morgan fingerprint density at radius 2 is 2.13 bits per heavy atom. The Labute approximate surface area is 133 Å². The van der Waals surface area contributed by atoms with Crippen molar-refractivity contribution in [2.24, 2.45) is 0 Å². The van der Waals surface area contributed by atoms with Crippen LogP contribution < -0.4 is 10.6 Å². The summed E-state index contributed by atoms with van der Waals surface area (Å²) in [5.74, 6) is 0. The van der Waals surface area contributed by atoms with Gasteiger partial charge in [0.25, 0.3) is 0 Å². The zero-order valence-corrected chi connectivity index (χ0v) is 12.6. The molecule has 0 unspecified atom stereocenters. The van der Waals surface area contributed by atoms with E-state index in [1.165, 1.54) is 6.33 Å². The summed E-state index contributed by atoms with van der Waals surface area (Å²) in [5.41, 5.74) is 2.85.